The van der Waals surface area contributed by atoms with Gasteiger partial charge in [0, 0.05) is 36.0 Å². The number of carbonyl (C=O) groups excluding carboxylic acids is 2. The lowest BCUT2D eigenvalue weighted by Gasteiger charge is -2.47. The van der Waals surface area contributed by atoms with Gasteiger partial charge in [-0.3, -0.25) is 9.59 Å². The first-order valence-electron chi connectivity index (χ1n) is 12.7. The van der Waals surface area contributed by atoms with Gasteiger partial charge in [-0.05, 0) is 57.2 Å². The van der Waals surface area contributed by atoms with Crippen LogP contribution in [0.5, 0.6) is 5.75 Å². The first kappa shape index (κ1) is 25.2. The lowest BCUT2D eigenvalue weighted by molar-refractivity contribution is -0.144. The predicted molar refractivity (Wildman–Crippen MR) is 132 cm³/mol. The molecule has 2 heterocycles. The summed E-state index contributed by atoms with van der Waals surface area (Å²) in [6.07, 6.45) is 5.29. The molecule has 3 atom stereocenters. The van der Waals surface area contributed by atoms with Crippen molar-refractivity contribution in [3.8, 4) is 5.75 Å². The summed E-state index contributed by atoms with van der Waals surface area (Å²) in [6.45, 7) is 6.41. The average Bonchev–Trinajstić information content (AvgIpc) is 2.83. The predicted octanol–water partition coefficient (Wildman–Crippen LogP) is 3.09. The highest BCUT2D eigenvalue weighted by Crippen LogP contribution is 2.39. The Bertz CT molecular complexity index is 1160. The first-order chi connectivity index (χ1) is 16.7. The zero-order valence-corrected chi connectivity index (χ0v) is 20.9. The van der Waals surface area contributed by atoms with Gasteiger partial charge in [-0.1, -0.05) is 26.2 Å². The molecule has 190 valence electrons. The van der Waals surface area contributed by atoms with E-state index >= 15 is 0 Å². The Morgan fingerprint density at radius 3 is 2.89 bits per heavy atom. The van der Waals surface area contributed by atoms with Gasteiger partial charge in [-0.2, -0.15) is 0 Å². The lowest BCUT2D eigenvalue weighted by Crippen LogP contribution is -2.56. The molecule has 2 fully saturated rings. The minimum absolute atomic E-state index is 0.108. The fourth-order valence-electron chi connectivity index (χ4n) is 5.47. The summed E-state index contributed by atoms with van der Waals surface area (Å²) >= 11 is 0. The highest BCUT2D eigenvalue weighted by molar-refractivity contribution is 5.88. The van der Waals surface area contributed by atoms with E-state index in [1.54, 1.807) is 24.8 Å². The van der Waals surface area contributed by atoms with E-state index in [4.69, 9.17) is 9.15 Å². The third-order valence-electron chi connectivity index (χ3n) is 7.58. The van der Waals surface area contributed by atoms with Gasteiger partial charge in [0.15, 0.2) is 6.10 Å². The van der Waals surface area contributed by atoms with E-state index in [0.717, 1.165) is 49.5 Å². The van der Waals surface area contributed by atoms with Crippen molar-refractivity contribution in [1.29, 1.82) is 0 Å². The number of rotatable bonds is 7. The van der Waals surface area contributed by atoms with Crippen molar-refractivity contribution in [2.24, 2.45) is 5.92 Å². The summed E-state index contributed by atoms with van der Waals surface area (Å²) in [4.78, 5) is 39.2. The number of aryl methyl sites for hydroxylation is 2. The van der Waals surface area contributed by atoms with Crippen LogP contribution < -0.4 is 15.7 Å². The molecule has 1 saturated carbocycles. The quantitative estimate of drug-likeness (QED) is 0.585. The molecule has 1 aromatic carbocycles. The second-order valence-electron chi connectivity index (χ2n) is 10.0. The van der Waals surface area contributed by atoms with E-state index in [1.807, 2.05) is 6.07 Å². The van der Waals surface area contributed by atoms with Crippen LogP contribution in [0.25, 0.3) is 11.0 Å². The number of nitrogens with one attached hydrogen (secondary N) is 1. The molecule has 8 heteroatoms. The first-order valence-corrected chi connectivity index (χ1v) is 12.7. The molecule has 2 aliphatic rings. The second-order valence-corrected chi connectivity index (χ2v) is 10.0. The number of hydrogen-bond donors (Lipinski definition) is 2. The largest absolute Gasteiger partial charge is 0.480 e. The molecule has 1 aromatic heterocycles. The monoisotopic (exact) mass is 484 g/mol. The van der Waals surface area contributed by atoms with Crippen LogP contribution in [-0.4, -0.2) is 53.2 Å². The van der Waals surface area contributed by atoms with Gasteiger partial charge in [0.25, 0.3) is 5.91 Å². The summed E-state index contributed by atoms with van der Waals surface area (Å²) in [7, 11) is 0. The Morgan fingerprint density at radius 2 is 2.11 bits per heavy atom. The van der Waals surface area contributed by atoms with Crippen LogP contribution in [0.3, 0.4) is 0 Å². The Labute approximate surface area is 205 Å². The number of amides is 2. The number of nitrogens with zero attached hydrogens (tertiary/aromatic N) is 1. The van der Waals surface area contributed by atoms with Crippen molar-refractivity contribution < 1.29 is 23.8 Å². The fraction of sp³-hybridized carbons (Fsp3) is 0.593. The molecule has 35 heavy (non-hydrogen) atoms. The molecular weight excluding hydrogens is 448 g/mol. The maximum absolute atomic E-state index is 12.7. The Morgan fingerprint density at radius 1 is 1.31 bits per heavy atom. The normalized spacial score (nSPS) is 23.0. The zero-order chi connectivity index (χ0) is 25.2. The van der Waals surface area contributed by atoms with E-state index in [1.165, 1.54) is 6.07 Å². The lowest BCUT2D eigenvalue weighted by atomic mass is 9.71. The van der Waals surface area contributed by atoms with Crippen LogP contribution in [-0.2, 0) is 16.0 Å². The van der Waals surface area contributed by atoms with Crippen LogP contribution in [0.4, 0.5) is 0 Å². The SMILES string of the molecule is CCCc1cc(=O)oc2c(C)c(O[C@@H](C)C(=O)NCC(=O)N3CC[C@@]4(O)CCCC[C@H]4C3)ccc12. The summed E-state index contributed by atoms with van der Waals surface area (Å²) in [6, 6.07) is 5.16. The van der Waals surface area contributed by atoms with Crippen molar-refractivity contribution in [2.75, 3.05) is 19.6 Å². The average molecular weight is 485 g/mol. The third-order valence-corrected chi connectivity index (χ3v) is 7.58. The van der Waals surface area contributed by atoms with Crippen LogP contribution >= 0.6 is 0 Å². The minimum atomic E-state index is -0.839. The van der Waals surface area contributed by atoms with Crippen molar-refractivity contribution in [1.82, 2.24) is 10.2 Å². The molecule has 1 aliphatic carbocycles. The fourth-order valence-corrected chi connectivity index (χ4v) is 5.47. The van der Waals surface area contributed by atoms with Gasteiger partial charge in [0.1, 0.15) is 11.3 Å². The molecule has 2 N–H and O–H groups in total. The van der Waals surface area contributed by atoms with Gasteiger partial charge in [0.2, 0.25) is 5.91 Å². The highest BCUT2D eigenvalue weighted by atomic mass is 16.5. The molecule has 2 amide bonds. The summed E-state index contributed by atoms with van der Waals surface area (Å²) < 4.78 is 11.3. The van der Waals surface area contributed by atoms with Crippen LogP contribution in [0.2, 0.25) is 0 Å². The molecule has 1 aliphatic heterocycles. The molecule has 2 aromatic rings. The molecule has 1 saturated heterocycles. The Kier molecular flexibility index (Phi) is 7.50. The number of benzene rings is 1. The maximum atomic E-state index is 12.7. The summed E-state index contributed by atoms with van der Waals surface area (Å²) in [5, 5.41) is 14.4. The van der Waals surface area contributed by atoms with Crippen molar-refractivity contribution in [3.63, 3.8) is 0 Å². The number of likely N-dealkylation sites (tertiary alicyclic amines) is 1. The number of hydrogen-bond acceptors (Lipinski definition) is 6. The van der Waals surface area contributed by atoms with E-state index < -0.39 is 23.2 Å². The van der Waals surface area contributed by atoms with Crippen LogP contribution in [0.15, 0.2) is 27.4 Å². The molecule has 0 bridgehead atoms. The molecule has 0 radical (unpaired) electrons. The third kappa shape index (κ3) is 5.37. The van der Waals surface area contributed by atoms with Crippen molar-refractivity contribution in [3.05, 3.63) is 39.7 Å². The summed E-state index contributed by atoms with van der Waals surface area (Å²) in [5.74, 6) is 0.0204. The van der Waals surface area contributed by atoms with Crippen LogP contribution in [0, 0.1) is 12.8 Å². The van der Waals surface area contributed by atoms with E-state index in [-0.39, 0.29) is 18.4 Å². The molecule has 4 rings (SSSR count). The van der Waals surface area contributed by atoms with Gasteiger partial charge in [0.05, 0.1) is 12.1 Å². The number of piperidine rings is 1. The van der Waals surface area contributed by atoms with E-state index in [0.29, 0.717) is 36.4 Å². The van der Waals surface area contributed by atoms with Gasteiger partial charge >= 0.3 is 5.63 Å². The topological polar surface area (TPSA) is 109 Å². The Balaban J connectivity index is 1.36. The van der Waals surface area contributed by atoms with Gasteiger partial charge in [-0.15, -0.1) is 0 Å². The minimum Gasteiger partial charge on any atom is -0.480 e. The standard InChI is InChI=1S/C27H36N2O6/c1-4-7-19-14-24(31)35-25-17(2)22(10-9-21(19)25)34-18(3)26(32)28-15-23(30)29-13-12-27(33)11-6-5-8-20(27)16-29/h9-10,14,18,20,33H,4-8,11-13,15-16H2,1-3H3,(H,28,32)/t18-,20-,27-/m0/s1. The van der Waals surface area contributed by atoms with E-state index in [2.05, 4.69) is 12.2 Å². The number of carbonyl (C=O) groups is 2. The smallest absolute Gasteiger partial charge is 0.336 e. The van der Waals surface area contributed by atoms with Crippen molar-refractivity contribution in [2.45, 2.75) is 77.4 Å². The number of ether oxygens (including phenoxy) is 1. The molecule has 0 unspecified atom stereocenters. The highest BCUT2D eigenvalue weighted by Gasteiger charge is 2.43. The van der Waals surface area contributed by atoms with Gasteiger partial charge in [-0.25, -0.2) is 4.79 Å². The number of aliphatic hydroxyl groups is 1. The molecular formula is C27H36N2O6. The molecule has 8 nitrogen and oxygen atoms in total. The van der Waals surface area contributed by atoms with Gasteiger partial charge < -0.3 is 24.5 Å². The molecule has 0 spiro atoms. The summed E-state index contributed by atoms with van der Waals surface area (Å²) in [5.41, 5.74) is 1.00. The van der Waals surface area contributed by atoms with E-state index in [9.17, 15) is 19.5 Å². The second kappa shape index (κ2) is 10.4. The maximum Gasteiger partial charge on any atom is 0.336 e. The number of fused-ring (bicyclic) bond motifs is 2. The zero-order valence-electron chi connectivity index (χ0n) is 20.9. The van der Waals surface area contributed by atoms with Crippen LogP contribution in [0.1, 0.15) is 63.5 Å². The van der Waals surface area contributed by atoms with Crippen molar-refractivity contribution >= 4 is 22.8 Å². The Hall–Kier alpha value is -2.87.